The van der Waals surface area contributed by atoms with E-state index in [0.29, 0.717) is 25.4 Å². The number of amides is 1. The summed E-state index contributed by atoms with van der Waals surface area (Å²) in [6, 6.07) is 13.6. The molecule has 0 fully saturated rings. The van der Waals surface area contributed by atoms with Crippen molar-refractivity contribution in [1.29, 1.82) is 0 Å². The molecule has 1 amide bonds. The zero-order chi connectivity index (χ0) is 16.7. The summed E-state index contributed by atoms with van der Waals surface area (Å²) in [7, 11) is 1.93. The van der Waals surface area contributed by atoms with Crippen molar-refractivity contribution in [3.05, 3.63) is 59.9 Å². The summed E-state index contributed by atoms with van der Waals surface area (Å²) in [5, 5.41) is 2.75. The molecule has 0 aliphatic heterocycles. The lowest BCUT2D eigenvalue weighted by Gasteiger charge is -2.14. The van der Waals surface area contributed by atoms with Crippen LogP contribution in [0.4, 0.5) is 10.1 Å². The van der Waals surface area contributed by atoms with Crippen LogP contribution >= 0.6 is 0 Å². The molecule has 0 aliphatic rings. The Kier molecular flexibility index (Phi) is 6.11. The average Bonchev–Trinajstić information content (AvgIpc) is 2.51. The third-order valence-corrected chi connectivity index (χ3v) is 3.41. The van der Waals surface area contributed by atoms with Crippen LogP contribution in [0.1, 0.15) is 5.56 Å². The molecule has 2 aromatic rings. The minimum atomic E-state index is -0.320. The van der Waals surface area contributed by atoms with Crippen molar-refractivity contribution in [2.45, 2.75) is 6.92 Å². The summed E-state index contributed by atoms with van der Waals surface area (Å²) in [5.41, 5.74) is 1.79. The second-order valence-corrected chi connectivity index (χ2v) is 5.60. The molecule has 122 valence electrons. The second kappa shape index (κ2) is 8.29. The van der Waals surface area contributed by atoms with Crippen molar-refractivity contribution in [2.75, 3.05) is 32.1 Å². The number of hydrogen-bond donors (Lipinski definition) is 2. The number of carbonyl (C=O) groups is 1. The topological polar surface area (TPSA) is 42.8 Å². The molecule has 1 atom stereocenters. The highest BCUT2D eigenvalue weighted by molar-refractivity contribution is 5.91. The van der Waals surface area contributed by atoms with Gasteiger partial charge in [-0.1, -0.05) is 17.7 Å². The van der Waals surface area contributed by atoms with Gasteiger partial charge in [-0.3, -0.25) is 4.79 Å². The third kappa shape index (κ3) is 6.08. The van der Waals surface area contributed by atoms with Crippen LogP contribution in [-0.2, 0) is 4.79 Å². The summed E-state index contributed by atoms with van der Waals surface area (Å²) in [5.74, 6) is 0.405. The highest BCUT2D eigenvalue weighted by Gasteiger charge is 2.10. The summed E-state index contributed by atoms with van der Waals surface area (Å²) in [6.07, 6.45) is 0. The van der Waals surface area contributed by atoms with Crippen molar-refractivity contribution in [1.82, 2.24) is 0 Å². The standard InChI is InChI=1S/C18H21FN2O2/c1-14-3-9-17(10-4-14)23-12-11-21(2)13-18(22)20-16-7-5-15(19)6-8-16/h3-10H,11-13H2,1-2H3,(H,20,22)/p+1. The Morgan fingerprint density at radius 1 is 1.13 bits per heavy atom. The first-order valence-electron chi connectivity index (χ1n) is 7.59. The quantitative estimate of drug-likeness (QED) is 0.816. The molecule has 23 heavy (non-hydrogen) atoms. The summed E-state index contributed by atoms with van der Waals surface area (Å²) in [6.45, 7) is 3.61. The number of quaternary nitrogens is 1. The Labute approximate surface area is 135 Å². The fourth-order valence-electron chi connectivity index (χ4n) is 2.08. The van der Waals surface area contributed by atoms with Gasteiger partial charge >= 0.3 is 0 Å². The molecule has 2 aromatic carbocycles. The Hall–Kier alpha value is -2.40. The SMILES string of the molecule is Cc1ccc(OCC[NH+](C)CC(=O)Nc2ccc(F)cc2)cc1. The van der Waals surface area contributed by atoms with Crippen molar-refractivity contribution >= 4 is 11.6 Å². The van der Waals surface area contributed by atoms with Gasteiger partial charge in [-0.25, -0.2) is 4.39 Å². The third-order valence-electron chi connectivity index (χ3n) is 3.41. The van der Waals surface area contributed by atoms with E-state index in [4.69, 9.17) is 4.74 Å². The monoisotopic (exact) mass is 317 g/mol. The molecule has 0 bridgehead atoms. The van der Waals surface area contributed by atoms with Gasteiger partial charge in [0.05, 0.1) is 7.05 Å². The zero-order valence-electron chi connectivity index (χ0n) is 13.4. The van der Waals surface area contributed by atoms with Crippen LogP contribution < -0.4 is 15.0 Å². The van der Waals surface area contributed by atoms with Gasteiger partial charge in [-0.05, 0) is 43.3 Å². The first kappa shape index (κ1) is 17.0. The maximum atomic E-state index is 12.8. The van der Waals surface area contributed by atoms with E-state index in [1.165, 1.54) is 17.7 Å². The molecule has 0 radical (unpaired) electrons. The van der Waals surface area contributed by atoms with Crippen molar-refractivity contribution in [2.24, 2.45) is 0 Å². The van der Waals surface area contributed by atoms with Gasteiger partial charge in [0.15, 0.2) is 6.54 Å². The van der Waals surface area contributed by atoms with Crippen LogP contribution in [0.2, 0.25) is 0 Å². The lowest BCUT2D eigenvalue weighted by Crippen LogP contribution is -3.10. The number of halogens is 1. The largest absolute Gasteiger partial charge is 0.488 e. The Morgan fingerprint density at radius 3 is 2.43 bits per heavy atom. The molecule has 1 unspecified atom stereocenters. The number of anilines is 1. The van der Waals surface area contributed by atoms with E-state index in [0.717, 1.165) is 10.6 Å². The number of likely N-dealkylation sites (N-methyl/N-ethyl adjacent to an activating group) is 1. The van der Waals surface area contributed by atoms with E-state index >= 15 is 0 Å². The molecular formula is C18H22FN2O2+. The lowest BCUT2D eigenvalue weighted by molar-refractivity contribution is -0.871. The molecule has 2 N–H and O–H groups in total. The molecule has 0 heterocycles. The van der Waals surface area contributed by atoms with E-state index in [-0.39, 0.29) is 11.7 Å². The first-order valence-corrected chi connectivity index (χ1v) is 7.59. The lowest BCUT2D eigenvalue weighted by atomic mass is 10.2. The first-order chi connectivity index (χ1) is 11.0. The highest BCUT2D eigenvalue weighted by atomic mass is 19.1. The fraction of sp³-hybridized carbons (Fsp3) is 0.278. The number of hydrogen-bond acceptors (Lipinski definition) is 2. The zero-order valence-corrected chi connectivity index (χ0v) is 13.4. The van der Waals surface area contributed by atoms with E-state index in [1.807, 2.05) is 38.2 Å². The van der Waals surface area contributed by atoms with E-state index in [9.17, 15) is 9.18 Å². The summed E-state index contributed by atoms with van der Waals surface area (Å²) >= 11 is 0. The van der Waals surface area contributed by atoms with E-state index in [1.54, 1.807) is 12.1 Å². The summed E-state index contributed by atoms with van der Waals surface area (Å²) < 4.78 is 18.5. The fourth-order valence-corrected chi connectivity index (χ4v) is 2.08. The van der Waals surface area contributed by atoms with Gasteiger partial charge in [0, 0.05) is 5.69 Å². The Bertz CT molecular complexity index is 626. The number of aryl methyl sites for hydroxylation is 1. The van der Waals surface area contributed by atoms with Crippen LogP contribution in [0.5, 0.6) is 5.75 Å². The maximum Gasteiger partial charge on any atom is 0.279 e. The second-order valence-electron chi connectivity index (χ2n) is 5.60. The smallest absolute Gasteiger partial charge is 0.279 e. The van der Waals surface area contributed by atoms with Gasteiger partial charge in [-0.2, -0.15) is 0 Å². The van der Waals surface area contributed by atoms with Crippen molar-refractivity contribution in [3.8, 4) is 5.75 Å². The molecule has 4 nitrogen and oxygen atoms in total. The molecule has 0 saturated carbocycles. The molecule has 2 rings (SSSR count). The molecule has 5 heteroatoms. The minimum Gasteiger partial charge on any atom is -0.488 e. The molecule has 0 aliphatic carbocycles. The number of benzene rings is 2. The number of ether oxygens (including phenoxy) is 1. The van der Waals surface area contributed by atoms with Crippen LogP contribution in [0, 0.1) is 12.7 Å². The normalized spacial score (nSPS) is 11.8. The van der Waals surface area contributed by atoms with E-state index in [2.05, 4.69) is 5.32 Å². The van der Waals surface area contributed by atoms with Gasteiger partial charge in [-0.15, -0.1) is 0 Å². The van der Waals surface area contributed by atoms with Gasteiger partial charge in [0.2, 0.25) is 0 Å². The van der Waals surface area contributed by atoms with Crippen molar-refractivity contribution < 1.29 is 18.8 Å². The van der Waals surface area contributed by atoms with Crippen molar-refractivity contribution in [3.63, 3.8) is 0 Å². The maximum absolute atomic E-state index is 12.8. The Balaban J connectivity index is 1.69. The van der Waals surface area contributed by atoms with Crippen LogP contribution in [0.15, 0.2) is 48.5 Å². The van der Waals surface area contributed by atoms with E-state index < -0.39 is 0 Å². The number of carbonyl (C=O) groups excluding carboxylic acids is 1. The van der Waals surface area contributed by atoms with Gasteiger partial charge in [0.1, 0.15) is 24.7 Å². The average molecular weight is 317 g/mol. The molecule has 0 saturated heterocycles. The predicted octanol–water partition coefficient (Wildman–Crippen LogP) is 1.67. The molecule has 0 spiro atoms. The highest BCUT2D eigenvalue weighted by Crippen LogP contribution is 2.10. The number of rotatable bonds is 7. The summed E-state index contributed by atoms with van der Waals surface area (Å²) in [4.78, 5) is 13.0. The minimum absolute atomic E-state index is 0.107. The molecule has 0 aromatic heterocycles. The van der Waals surface area contributed by atoms with Crippen LogP contribution in [0.3, 0.4) is 0 Å². The van der Waals surface area contributed by atoms with Crippen LogP contribution in [0.25, 0.3) is 0 Å². The molecular weight excluding hydrogens is 295 g/mol. The van der Waals surface area contributed by atoms with Crippen LogP contribution in [-0.4, -0.2) is 32.7 Å². The van der Waals surface area contributed by atoms with Gasteiger partial charge in [0.25, 0.3) is 5.91 Å². The number of nitrogens with one attached hydrogen (secondary N) is 2. The predicted molar refractivity (Wildman–Crippen MR) is 88.3 cm³/mol. The Morgan fingerprint density at radius 2 is 1.78 bits per heavy atom. The van der Waals surface area contributed by atoms with Gasteiger partial charge < -0.3 is 15.0 Å².